The van der Waals surface area contributed by atoms with Crippen LogP contribution in [0.5, 0.6) is 11.5 Å². The molecule has 1 aromatic carbocycles. The minimum Gasteiger partial charge on any atom is -0.507 e. The maximum atomic E-state index is 15.0. The Kier molecular flexibility index (Phi) is 6.73. The summed E-state index contributed by atoms with van der Waals surface area (Å²) in [6.07, 6.45) is 1.88. The number of phenolic OH excluding ortho intramolecular Hbond substituents is 1. The number of rotatable bonds is 4. The molecule has 0 bridgehead atoms. The third-order valence-electron chi connectivity index (χ3n) is 7.64. The fraction of sp³-hybridized carbons (Fsp3) is 0.444. The van der Waals surface area contributed by atoms with Gasteiger partial charge in [0.05, 0.1) is 11.6 Å². The Morgan fingerprint density at radius 3 is 2.74 bits per heavy atom. The summed E-state index contributed by atoms with van der Waals surface area (Å²) >= 11 is 6.78. The fourth-order valence-corrected chi connectivity index (χ4v) is 6.05. The number of carbonyl (C=O) groups excluding carboxylic acids is 2. The molecule has 2 aromatic rings. The second-order valence-electron chi connectivity index (χ2n) is 10.6. The highest BCUT2D eigenvalue weighted by Gasteiger charge is 2.45. The van der Waals surface area contributed by atoms with E-state index in [1.807, 2.05) is 18.7 Å². The molecular weight excluding hydrogens is 515 g/mol. The second-order valence-corrected chi connectivity index (χ2v) is 10.9. The zero-order valence-corrected chi connectivity index (χ0v) is 22.0. The van der Waals surface area contributed by atoms with E-state index in [1.165, 1.54) is 24.3 Å². The van der Waals surface area contributed by atoms with E-state index in [0.717, 1.165) is 0 Å². The van der Waals surface area contributed by atoms with Crippen LogP contribution in [0.1, 0.15) is 30.6 Å². The number of pyridine rings is 1. The number of halogens is 2. The number of aliphatic hydroxyl groups excluding tert-OH is 1. The van der Waals surface area contributed by atoms with Gasteiger partial charge in [-0.1, -0.05) is 24.2 Å². The Labute approximate surface area is 225 Å². The lowest BCUT2D eigenvalue weighted by Gasteiger charge is -2.40. The van der Waals surface area contributed by atoms with Crippen LogP contribution in [0.4, 0.5) is 10.2 Å². The fourth-order valence-electron chi connectivity index (χ4n) is 5.77. The number of piperazine rings is 1. The van der Waals surface area contributed by atoms with Crippen molar-refractivity contribution in [3.05, 3.63) is 47.3 Å². The lowest BCUT2D eigenvalue weighted by Crippen LogP contribution is -2.57. The van der Waals surface area contributed by atoms with Gasteiger partial charge in [0.25, 0.3) is 5.91 Å². The molecule has 0 radical (unpaired) electrons. The van der Waals surface area contributed by atoms with Crippen LogP contribution in [0.3, 0.4) is 0 Å². The summed E-state index contributed by atoms with van der Waals surface area (Å²) in [4.78, 5) is 36.3. The summed E-state index contributed by atoms with van der Waals surface area (Å²) in [7, 11) is 0. The second kappa shape index (κ2) is 9.74. The van der Waals surface area contributed by atoms with Gasteiger partial charge in [0.15, 0.2) is 5.75 Å². The van der Waals surface area contributed by atoms with E-state index < -0.39 is 17.4 Å². The van der Waals surface area contributed by atoms with Crippen LogP contribution in [0, 0.1) is 11.7 Å². The Morgan fingerprint density at radius 1 is 1.32 bits per heavy atom. The largest absolute Gasteiger partial charge is 0.507 e. The predicted molar refractivity (Wildman–Crippen MR) is 140 cm³/mol. The highest BCUT2D eigenvalue weighted by molar-refractivity contribution is 6.35. The Bertz CT molecular complexity index is 1300. The molecule has 2 N–H and O–H groups in total. The van der Waals surface area contributed by atoms with Crippen molar-refractivity contribution < 1.29 is 28.9 Å². The van der Waals surface area contributed by atoms with Crippen molar-refractivity contribution in [3.63, 3.8) is 0 Å². The number of benzene rings is 1. The van der Waals surface area contributed by atoms with Crippen molar-refractivity contribution in [3.8, 4) is 22.8 Å². The number of hydrogen-bond donors (Lipinski definition) is 2. The summed E-state index contributed by atoms with van der Waals surface area (Å²) in [6, 6.07) is 3.45. The monoisotopic (exact) mass is 544 g/mol. The van der Waals surface area contributed by atoms with Crippen LogP contribution in [0.2, 0.25) is 5.02 Å². The number of nitrogens with zero attached hydrogens (tertiary/aromatic N) is 4. The minimum absolute atomic E-state index is 0.0392. The van der Waals surface area contributed by atoms with Crippen LogP contribution in [0.15, 0.2) is 30.9 Å². The number of phenols is 1. The van der Waals surface area contributed by atoms with Gasteiger partial charge in [-0.15, -0.1) is 0 Å². The van der Waals surface area contributed by atoms with Gasteiger partial charge in [-0.2, -0.15) is 0 Å². The number of aromatic hydroxyl groups is 1. The van der Waals surface area contributed by atoms with E-state index in [2.05, 4.69) is 6.58 Å². The summed E-state index contributed by atoms with van der Waals surface area (Å²) in [5.41, 5.74) is -0.599. The molecule has 2 atom stereocenters. The standard InChI is InChI=1S/C27H30ClFN4O5/c1-4-19(36)31-8-9-32-16(12-31)14-38-24-21(26(32)37)25(33-11-15(13-34)10-27(33,2)3)30-23(22(24)28)20-17(29)6-5-7-18(20)35/h4-7,15-16,34-35H,1,8-14H2,2-3H3/t15-,16-/m1/s1. The van der Waals surface area contributed by atoms with Gasteiger partial charge in [-0.3, -0.25) is 9.59 Å². The van der Waals surface area contributed by atoms with E-state index in [0.29, 0.717) is 19.5 Å². The summed E-state index contributed by atoms with van der Waals surface area (Å²) in [5.74, 6) is -1.43. The van der Waals surface area contributed by atoms with Gasteiger partial charge < -0.3 is 29.6 Å². The van der Waals surface area contributed by atoms with Crippen LogP contribution in [-0.2, 0) is 4.79 Å². The van der Waals surface area contributed by atoms with Crippen molar-refractivity contribution >= 4 is 29.2 Å². The molecule has 0 unspecified atom stereocenters. The summed E-state index contributed by atoms with van der Waals surface area (Å²) in [5, 5.41) is 20.4. The van der Waals surface area contributed by atoms with Gasteiger partial charge in [0, 0.05) is 44.2 Å². The maximum Gasteiger partial charge on any atom is 0.261 e. The first-order valence-electron chi connectivity index (χ1n) is 12.5. The SMILES string of the molecule is C=CC(=O)N1CCN2C(=O)c3c(N4C[C@H](CO)CC4(C)C)nc(-c4c(O)cccc4F)c(Cl)c3OC[C@H]2C1. The zero-order valence-electron chi connectivity index (χ0n) is 21.3. The third kappa shape index (κ3) is 4.25. The van der Waals surface area contributed by atoms with E-state index >= 15 is 4.39 Å². The average molecular weight is 545 g/mol. The summed E-state index contributed by atoms with van der Waals surface area (Å²) < 4.78 is 21.2. The molecule has 0 saturated carbocycles. The number of aliphatic hydroxyl groups is 1. The molecule has 0 spiro atoms. The average Bonchev–Trinajstić information content (AvgIpc) is 3.12. The summed E-state index contributed by atoms with van der Waals surface area (Å²) in [6.45, 7) is 8.80. The highest BCUT2D eigenvalue weighted by atomic mass is 35.5. The van der Waals surface area contributed by atoms with E-state index in [-0.39, 0.29) is 83.2 Å². The quantitative estimate of drug-likeness (QED) is 0.570. The first kappa shape index (κ1) is 26.2. The van der Waals surface area contributed by atoms with Crippen molar-refractivity contribution in [2.75, 3.05) is 44.3 Å². The van der Waals surface area contributed by atoms with Gasteiger partial charge in [0.2, 0.25) is 5.91 Å². The normalized spacial score (nSPS) is 22.4. The van der Waals surface area contributed by atoms with Crippen LogP contribution < -0.4 is 9.64 Å². The van der Waals surface area contributed by atoms with E-state index in [4.69, 9.17) is 21.3 Å². The van der Waals surface area contributed by atoms with Crippen molar-refractivity contribution in [2.45, 2.75) is 31.8 Å². The molecule has 1 aromatic heterocycles. The molecule has 38 heavy (non-hydrogen) atoms. The van der Waals surface area contributed by atoms with Crippen molar-refractivity contribution in [1.29, 1.82) is 0 Å². The number of fused-ring (bicyclic) bond motifs is 2. The highest BCUT2D eigenvalue weighted by Crippen LogP contribution is 2.48. The first-order chi connectivity index (χ1) is 18.1. The van der Waals surface area contributed by atoms with Crippen LogP contribution >= 0.6 is 11.6 Å². The lowest BCUT2D eigenvalue weighted by molar-refractivity contribution is -0.128. The predicted octanol–water partition coefficient (Wildman–Crippen LogP) is 3.08. The molecule has 2 saturated heterocycles. The number of anilines is 1. The third-order valence-corrected chi connectivity index (χ3v) is 7.99. The Hall–Kier alpha value is -3.37. The number of ether oxygens (including phenoxy) is 1. The van der Waals surface area contributed by atoms with E-state index in [1.54, 1.807) is 9.80 Å². The number of aromatic nitrogens is 1. The van der Waals surface area contributed by atoms with Gasteiger partial charge in [-0.05, 0) is 38.5 Å². The van der Waals surface area contributed by atoms with Crippen LogP contribution in [0.25, 0.3) is 11.3 Å². The minimum atomic E-state index is -0.727. The molecule has 0 aliphatic carbocycles. The lowest BCUT2D eigenvalue weighted by atomic mass is 9.96. The zero-order chi connectivity index (χ0) is 27.4. The molecule has 2 fully saturated rings. The number of amides is 2. The molecule has 3 aliphatic heterocycles. The molecule has 2 amide bonds. The maximum absolute atomic E-state index is 15.0. The first-order valence-corrected chi connectivity index (χ1v) is 12.9. The van der Waals surface area contributed by atoms with Gasteiger partial charge >= 0.3 is 0 Å². The number of carbonyl (C=O) groups is 2. The topological polar surface area (TPSA) is 106 Å². The molecular formula is C27H30ClFN4O5. The molecule has 5 rings (SSSR count). The smallest absolute Gasteiger partial charge is 0.261 e. The Morgan fingerprint density at radius 2 is 2.08 bits per heavy atom. The van der Waals surface area contributed by atoms with Gasteiger partial charge in [-0.25, -0.2) is 9.37 Å². The molecule has 9 nitrogen and oxygen atoms in total. The number of hydrogen-bond acceptors (Lipinski definition) is 7. The van der Waals surface area contributed by atoms with Crippen molar-refractivity contribution in [2.24, 2.45) is 5.92 Å². The molecule has 4 heterocycles. The van der Waals surface area contributed by atoms with Gasteiger partial charge in [0.1, 0.15) is 40.3 Å². The molecule has 3 aliphatic rings. The van der Waals surface area contributed by atoms with E-state index in [9.17, 15) is 19.8 Å². The molecule has 11 heteroatoms. The van der Waals surface area contributed by atoms with Crippen LogP contribution in [-0.4, -0.2) is 87.8 Å². The Balaban J connectivity index is 1.70. The molecule has 202 valence electrons. The van der Waals surface area contributed by atoms with Crippen molar-refractivity contribution in [1.82, 2.24) is 14.8 Å².